The highest BCUT2D eigenvalue weighted by molar-refractivity contribution is 7.15. The number of ether oxygens (including phenoxy) is 1. The van der Waals surface area contributed by atoms with E-state index in [4.69, 9.17) is 47.3 Å². The highest BCUT2D eigenvalue weighted by Crippen LogP contribution is 2.34. The molecule has 2 aliphatic heterocycles. The van der Waals surface area contributed by atoms with Gasteiger partial charge < -0.3 is 95.0 Å². The van der Waals surface area contributed by atoms with Crippen LogP contribution in [0, 0.1) is 24.2 Å². The van der Waals surface area contributed by atoms with Crippen LogP contribution in [0.15, 0.2) is 249 Å². The van der Waals surface area contributed by atoms with Gasteiger partial charge in [0.2, 0.25) is 0 Å². The summed E-state index contributed by atoms with van der Waals surface area (Å²) in [6, 6.07) is 48.8. The number of rotatable bonds is 23. The van der Waals surface area contributed by atoms with Gasteiger partial charge in [0.15, 0.2) is 104 Å². The number of nitrogens with one attached hydrogen (secondary N) is 7. The summed E-state index contributed by atoms with van der Waals surface area (Å²) in [4.78, 5) is 113. The fourth-order valence-electron chi connectivity index (χ4n) is 14.2. The second-order valence-corrected chi connectivity index (χ2v) is 39.6. The van der Waals surface area contributed by atoms with Crippen LogP contribution in [-0.2, 0) is 4.74 Å². The van der Waals surface area contributed by atoms with Crippen LogP contribution < -0.4 is 49.3 Å². The first-order valence-corrected chi connectivity index (χ1v) is 53.0. The number of thiophene rings is 8. The van der Waals surface area contributed by atoms with Gasteiger partial charge in [0.05, 0.1) is 78.4 Å². The summed E-state index contributed by atoms with van der Waals surface area (Å²) in [5.74, 6) is 11.8. The van der Waals surface area contributed by atoms with Gasteiger partial charge in [-0.25, -0.2) is 4.99 Å². The third kappa shape index (κ3) is 31.6. The lowest BCUT2D eigenvalue weighted by molar-refractivity contribution is -0.458. The van der Waals surface area contributed by atoms with Crippen LogP contribution in [0.3, 0.4) is 0 Å². The van der Waals surface area contributed by atoms with E-state index < -0.39 is 0 Å². The summed E-state index contributed by atoms with van der Waals surface area (Å²) in [7, 11) is 0. The van der Waals surface area contributed by atoms with Gasteiger partial charge in [0.1, 0.15) is 0 Å². The number of terminal acetylenes is 1. The van der Waals surface area contributed by atoms with Gasteiger partial charge in [0, 0.05) is 104 Å². The van der Waals surface area contributed by atoms with E-state index in [9.17, 15) is 38.4 Å². The number of pyridine rings is 1. The van der Waals surface area contributed by atoms with Crippen LogP contribution in [0.25, 0.3) is 85.1 Å². The monoisotopic (exact) mass is 2120 g/mol. The molecule has 0 radical (unpaired) electrons. The predicted molar refractivity (Wildman–Crippen MR) is 549 cm³/mol. The minimum absolute atomic E-state index is 0. The summed E-state index contributed by atoms with van der Waals surface area (Å²) in [5.41, 5.74) is 3.49. The molecule has 19 heterocycles. The topological polar surface area (TPSA) is 460 Å². The summed E-state index contributed by atoms with van der Waals surface area (Å²) in [6.07, 6.45) is 24.8. The number of carbonyl (C=O) groups excluding carboxylic acids is 8. The normalized spacial score (nSPS) is 13.5. The van der Waals surface area contributed by atoms with E-state index in [0.717, 1.165) is 96.1 Å². The first-order chi connectivity index (χ1) is 70.6. The van der Waals surface area contributed by atoms with E-state index in [-0.39, 0.29) is 84.1 Å². The molecule has 0 unspecified atom stereocenters. The molecule has 17 aromatic rings. The molecular weight excluding hydrogens is 2030 g/mol. The lowest BCUT2D eigenvalue weighted by Gasteiger charge is -2.25. The number of hydrogen-bond acceptors (Lipinski definition) is 34. The predicted octanol–water partition coefficient (Wildman–Crippen LogP) is 15.0. The second kappa shape index (κ2) is 55.8. The zero-order chi connectivity index (χ0) is 99.8. The molecule has 1 saturated heterocycles. The Morgan fingerprint density at radius 3 is 0.966 bits per heavy atom. The maximum absolute atomic E-state index is 12.1. The van der Waals surface area contributed by atoms with Gasteiger partial charge in [-0.1, -0.05) is 147 Å². The Morgan fingerprint density at radius 1 is 0.372 bits per heavy atom. The lowest BCUT2D eigenvalue weighted by atomic mass is 9.93. The Labute approximate surface area is 869 Å². The molecule has 3 aliphatic carbocycles. The Kier molecular flexibility index (Phi) is 40.8. The van der Waals surface area contributed by atoms with Crippen molar-refractivity contribution >= 4 is 144 Å². The maximum atomic E-state index is 12.1. The van der Waals surface area contributed by atoms with Gasteiger partial charge in [-0.3, -0.25) is 43.3 Å². The molecule has 44 heteroatoms. The summed E-state index contributed by atoms with van der Waals surface area (Å²) >= 11 is 12.4. The molecule has 748 valence electrons. The Hall–Kier alpha value is -14.8. The third-order valence-corrected chi connectivity index (χ3v) is 28.9. The molecule has 22 rings (SSSR count). The summed E-state index contributed by atoms with van der Waals surface area (Å²) in [5, 5.41) is 62.9. The van der Waals surface area contributed by atoms with E-state index in [1.165, 1.54) is 61.2 Å². The number of hydrogen-bond donors (Lipinski definition) is 7. The van der Waals surface area contributed by atoms with Crippen LogP contribution in [0.2, 0.25) is 0 Å². The average Bonchev–Trinajstić information content (AvgIpc) is 1.70. The van der Waals surface area contributed by atoms with Crippen LogP contribution in [0.1, 0.15) is 180 Å². The van der Waals surface area contributed by atoms with Gasteiger partial charge in [-0.15, -0.1) is 97.1 Å². The number of nitrogens with zero attached hydrogens (tertiary/aromatic N) is 11. The number of morpholine rings is 1. The van der Waals surface area contributed by atoms with Gasteiger partial charge in [-0.2, -0.15) is 0 Å². The summed E-state index contributed by atoms with van der Waals surface area (Å²) < 4.78 is 46.5. The van der Waals surface area contributed by atoms with Gasteiger partial charge in [0.25, 0.3) is 47.3 Å². The first-order valence-electron chi connectivity index (χ1n) is 46.0. The van der Waals surface area contributed by atoms with Crippen molar-refractivity contribution in [2.45, 2.75) is 109 Å². The van der Waals surface area contributed by atoms with Crippen molar-refractivity contribution in [3.8, 4) is 109 Å². The smallest absolute Gasteiger partial charge is 0.276 e. The Bertz CT molecular complexity index is 6960. The van der Waals surface area contributed by atoms with Gasteiger partial charge in [-0.05, 0) is 155 Å². The van der Waals surface area contributed by atoms with Crippen molar-refractivity contribution in [3.05, 3.63) is 264 Å². The Morgan fingerprint density at radius 2 is 0.669 bits per heavy atom. The Balaban J connectivity index is 0.000000131. The molecule has 5 aliphatic rings. The van der Waals surface area contributed by atoms with Crippen LogP contribution >= 0.6 is 90.7 Å². The van der Waals surface area contributed by atoms with E-state index in [1.54, 1.807) is 151 Å². The highest BCUT2D eigenvalue weighted by atomic mass is 35.5. The van der Waals surface area contributed by atoms with Crippen molar-refractivity contribution < 1.29 is 96.7 Å². The number of halogens is 1. The molecule has 8 amide bonds. The third-order valence-electron chi connectivity index (χ3n) is 21.8. The molecule has 7 N–H and O–H groups in total. The van der Waals surface area contributed by atoms with Crippen molar-refractivity contribution in [2.24, 2.45) is 0 Å². The SMILES string of the molecule is C#CCNC(=O)c1cc(-c2cccs2)on1.CCCNC(=O)c1cc(-c2cccs2)on1.O=C(NC1CCC1)c1cc(-c2cccs2)on1.O=C(NC1CCCC1)c1cc(-c2cccs2)on1.O=C(NC1CCCCC1)c1cc(-c2cccs2)on1.O=C(NCC#Cc1ccncc1)c1cc(-c2cccs2)on1.O=C(c1cc(-c2cccs2)on1)N1CC=[NH+]CC1.O=C(c1cc(-c2cccs2)on1)N1CCOCC1.[Cl-]. The van der Waals surface area contributed by atoms with Crippen molar-refractivity contribution in [2.75, 3.05) is 65.6 Å². The van der Waals surface area contributed by atoms with E-state index in [2.05, 4.69) is 101 Å². The molecule has 0 aromatic carbocycles. The van der Waals surface area contributed by atoms with E-state index in [0.29, 0.717) is 144 Å². The molecule has 0 atom stereocenters. The van der Waals surface area contributed by atoms with Crippen molar-refractivity contribution in [1.82, 2.24) is 87.9 Å². The molecular formula is C101H97ClN18O17S8. The van der Waals surface area contributed by atoms with Crippen LogP contribution in [-0.4, -0.2) is 193 Å². The molecule has 3 saturated carbocycles. The molecule has 0 spiro atoms. The number of aromatic nitrogens is 9. The first kappa shape index (κ1) is 106. The molecule has 35 nitrogen and oxygen atoms in total. The van der Waals surface area contributed by atoms with E-state index in [1.807, 2.05) is 153 Å². The largest absolute Gasteiger partial charge is 1.00 e. The highest BCUT2D eigenvalue weighted by Gasteiger charge is 2.29. The quantitative estimate of drug-likeness (QED) is 0.0292. The summed E-state index contributed by atoms with van der Waals surface area (Å²) in [6.45, 7) is 7.53. The number of carbonyl (C=O) groups is 8. The van der Waals surface area contributed by atoms with Crippen LogP contribution in [0.4, 0.5) is 0 Å². The number of amides is 8. The second-order valence-electron chi connectivity index (χ2n) is 32.0. The standard InChI is InChI=1S/C16H11N3O2S.C14H16N2O2S.C13H14N2O2S.C12H11N3O2S.C12H12N2O3S.C12H12N2O2S.C11H12N2O2S.C11H8N2O2S.ClH/c20-16(18-7-1-3-12-5-8-17-9-6-12)13-11-14(21-19-13)15-4-2-10-22-15;17-14(15-10-5-2-1-3-6-10)11-9-12(18-16-11)13-7-4-8-19-13;16-13(14-9-4-1-2-5-9)10-8-11(17-15-10)12-6-3-7-18-12;16-12(15-5-3-13-4-6-15)9-8-10(17-14-9)11-2-1-7-18-11;15-12(14-3-5-16-6-4-14)9-8-10(17-13-9)11-2-1-7-18-11;15-12(13-8-3-1-4-8)9-7-10(16-14-9)11-5-2-6-17-11;2*1-2-5-12-11(14)8-7-9(15-13-8)10-4-3-6-16-10;/h2,4-6,8-11H,7H2,(H,18,20);4,7-10H,1-3,5-6H2,(H,15,17);3,6-9H,1-2,4-5H2,(H,14,16);1-3,7-8H,4-6H2;1-2,7-8H,3-6H2;2,5-8H,1,3-4H2,(H,13,15);3-4,6-7H,2,5H2,1H3,(H,12,14);1,3-4,6-7H,5H2,(H,12,14);1H. The van der Waals surface area contributed by atoms with Gasteiger partial charge >= 0.3 is 0 Å². The van der Waals surface area contributed by atoms with Crippen molar-refractivity contribution in [3.63, 3.8) is 0 Å². The fourth-order valence-corrected chi connectivity index (χ4v) is 19.5. The molecule has 17 aromatic heterocycles. The van der Waals surface area contributed by atoms with Crippen LogP contribution in [0.5, 0.6) is 0 Å². The van der Waals surface area contributed by atoms with E-state index >= 15 is 0 Å². The molecule has 4 fully saturated rings. The van der Waals surface area contributed by atoms with Crippen molar-refractivity contribution in [1.29, 1.82) is 0 Å². The zero-order valence-electron chi connectivity index (χ0n) is 77.9. The average molecular weight is 2130 g/mol. The molecule has 0 bridgehead atoms. The fraction of sp³-hybridized carbons (Fsp3) is 0.267. The zero-order valence-corrected chi connectivity index (χ0v) is 85.2. The minimum atomic E-state index is -0.329. The molecule has 145 heavy (non-hydrogen) atoms. The lowest BCUT2D eigenvalue weighted by Crippen LogP contribution is -3.00. The minimum Gasteiger partial charge on any atom is -1.00 e. The maximum Gasteiger partial charge on any atom is 0.276 e.